The van der Waals surface area contributed by atoms with E-state index in [1.807, 2.05) is 0 Å². The number of nitrogens with two attached hydrogens (primary N) is 2. The number of carbonyl (C=O) groups is 1. The normalized spacial score (nSPS) is 22.9. The fourth-order valence-corrected chi connectivity index (χ4v) is 2.50. The molecule has 0 fully saturated rings. The van der Waals surface area contributed by atoms with E-state index in [0.717, 1.165) is 0 Å². The summed E-state index contributed by atoms with van der Waals surface area (Å²) in [5, 5.41) is 3.12. The Labute approximate surface area is 121 Å². The number of fused-ring (bicyclic) bond motifs is 1. The molecule has 0 saturated carbocycles. The second-order valence-corrected chi connectivity index (χ2v) is 4.79. The summed E-state index contributed by atoms with van der Waals surface area (Å²) < 4.78 is 16.3. The van der Waals surface area contributed by atoms with Crippen LogP contribution in [0.4, 0.5) is 5.69 Å². The molecule has 2 heterocycles. The molecule has 1 amide bonds. The van der Waals surface area contributed by atoms with Gasteiger partial charge in [-0.2, -0.15) is 0 Å². The molecule has 1 unspecified atom stereocenters. The molecule has 1 atom stereocenters. The van der Waals surface area contributed by atoms with Crippen molar-refractivity contribution >= 4 is 11.6 Å². The van der Waals surface area contributed by atoms with Crippen LogP contribution in [0.25, 0.3) is 0 Å². The molecule has 2 aliphatic heterocycles. The highest BCUT2D eigenvalue weighted by Gasteiger charge is 2.48. The van der Waals surface area contributed by atoms with E-state index >= 15 is 0 Å². The summed E-state index contributed by atoms with van der Waals surface area (Å²) in [6, 6.07) is 5.26. The van der Waals surface area contributed by atoms with E-state index in [1.54, 1.807) is 38.3 Å². The fraction of sp³-hybridized carbons (Fsp3) is 0.214. The van der Waals surface area contributed by atoms with Gasteiger partial charge in [0.2, 0.25) is 11.6 Å². The molecule has 1 aromatic carbocycles. The lowest BCUT2D eigenvalue weighted by atomic mass is 9.99. The van der Waals surface area contributed by atoms with E-state index < -0.39 is 11.6 Å². The third kappa shape index (κ3) is 1.94. The molecule has 1 aromatic rings. The van der Waals surface area contributed by atoms with Gasteiger partial charge in [-0.15, -0.1) is 0 Å². The van der Waals surface area contributed by atoms with Gasteiger partial charge in [-0.1, -0.05) is 0 Å². The second-order valence-electron chi connectivity index (χ2n) is 4.79. The van der Waals surface area contributed by atoms with Crippen LogP contribution in [0.2, 0.25) is 0 Å². The first-order valence-corrected chi connectivity index (χ1v) is 6.28. The van der Waals surface area contributed by atoms with Crippen LogP contribution in [0.3, 0.4) is 0 Å². The highest BCUT2D eigenvalue weighted by Crippen LogP contribution is 2.44. The molecular weight excluding hydrogens is 274 g/mol. The number of rotatable bonds is 2. The summed E-state index contributed by atoms with van der Waals surface area (Å²) >= 11 is 0. The van der Waals surface area contributed by atoms with E-state index in [2.05, 4.69) is 5.32 Å². The van der Waals surface area contributed by atoms with Crippen LogP contribution >= 0.6 is 0 Å². The third-order valence-electron chi connectivity index (χ3n) is 3.32. The monoisotopic (exact) mass is 289 g/mol. The van der Waals surface area contributed by atoms with Crippen LogP contribution in [-0.4, -0.2) is 18.7 Å². The van der Waals surface area contributed by atoms with E-state index in [4.69, 9.17) is 25.7 Å². The average Bonchev–Trinajstić information content (AvgIpc) is 2.73. The van der Waals surface area contributed by atoms with Crippen LogP contribution in [0.1, 0.15) is 6.92 Å². The minimum absolute atomic E-state index is 0.0308. The molecule has 0 bridgehead atoms. The van der Waals surface area contributed by atoms with Gasteiger partial charge in [-0.3, -0.25) is 4.79 Å². The summed E-state index contributed by atoms with van der Waals surface area (Å²) in [5.74, 6) is 0.934. The number of hydrogen-bond donors (Lipinski definition) is 3. The quantitative estimate of drug-likeness (QED) is 0.742. The smallest absolute Gasteiger partial charge is 0.256 e. The number of anilines is 1. The SMILES string of the molecule is COc1ccc2c(c1)NC1(C=C(C)OC(N)=C1C(N)=O)O2. The Morgan fingerprint density at radius 3 is 2.86 bits per heavy atom. The van der Waals surface area contributed by atoms with Crippen LogP contribution in [0.5, 0.6) is 11.5 Å². The van der Waals surface area contributed by atoms with Gasteiger partial charge in [0.25, 0.3) is 5.91 Å². The Hall–Kier alpha value is -2.83. The molecule has 1 spiro atoms. The van der Waals surface area contributed by atoms with Crippen LogP contribution in [0, 0.1) is 0 Å². The van der Waals surface area contributed by atoms with Crippen LogP contribution < -0.4 is 26.3 Å². The van der Waals surface area contributed by atoms with Gasteiger partial charge >= 0.3 is 0 Å². The van der Waals surface area contributed by atoms with Crippen molar-refractivity contribution in [3.05, 3.63) is 41.5 Å². The van der Waals surface area contributed by atoms with Crippen molar-refractivity contribution in [2.45, 2.75) is 12.6 Å². The van der Waals surface area contributed by atoms with Gasteiger partial charge in [0.15, 0.2) is 0 Å². The fourth-order valence-electron chi connectivity index (χ4n) is 2.50. The molecule has 21 heavy (non-hydrogen) atoms. The topological polar surface area (TPSA) is 109 Å². The first-order valence-electron chi connectivity index (χ1n) is 6.28. The lowest BCUT2D eigenvalue weighted by Crippen LogP contribution is -2.48. The molecule has 110 valence electrons. The maximum absolute atomic E-state index is 11.7. The van der Waals surface area contributed by atoms with Crippen molar-refractivity contribution < 1.29 is 19.0 Å². The first-order chi connectivity index (χ1) is 9.95. The molecule has 5 N–H and O–H groups in total. The van der Waals surface area contributed by atoms with Crippen LogP contribution in [0.15, 0.2) is 41.5 Å². The lowest BCUT2D eigenvalue weighted by Gasteiger charge is -2.31. The Morgan fingerprint density at radius 1 is 1.43 bits per heavy atom. The number of primary amides is 1. The maximum Gasteiger partial charge on any atom is 0.256 e. The van der Waals surface area contributed by atoms with Gasteiger partial charge in [-0.25, -0.2) is 0 Å². The predicted molar refractivity (Wildman–Crippen MR) is 75.2 cm³/mol. The maximum atomic E-state index is 11.7. The number of nitrogens with one attached hydrogen (secondary N) is 1. The highest BCUT2D eigenvalue weighted by molar-refractivity contribution is 5.97. The van der Waals surface area contributed by atoms with Crippen molar-refractivity contribution in [2.24, 2.45) is 11.5 Å². The highest BCUT2D eigenvalue weighted by atomic mass is 16.5. The molecule has 7 nitrogen and oxygen atoms in total. The van der Waals surface area contributed by atoms with E-state index in [1.165, 1.54) is 0 Å². The predicted octanol–water partition coefficient (Wildman–Crippen LogP) is 0.785. The van der Waals surface area contributed by atoms with Crippen molar-refractivity contribution in [2.75, 3.05) is 12.4 Å². The Morgan fingerprint density at radius 2 is 2.19 bits per heavy atom. The van der Waals surface area contributed by atoms with E-state index in [-0.39, 0.29) is 11.5 Å². The number of allylic oxidation sites excluding steroid dienone is 1. The Balaban J connectivity index is 2.09. The number of ether oxygens (including phenoxy) is 3. The summed E-state index contributed by atoms with van der Waals surface area (Å²) in [6.45, 7) is 1.71. The number of carbonyl (C=O) groups excluding carboxylic acids is 1. The lowest BCUT2D eigenvalue weighted by molar-refractivity contribution is -0.116. The third-order valence-corrected chi connectivity index (χ3v) is 3.32. The minimum Gasteiger partial charge on any atom is -0.497 e. The van der Waals surface area contributed by atoms with E-state index in [0.29, 0.717) is 22.9 Å². The number of hydrogen-bond acceptors (Lipinski definition) is 6. The minimum atomic E-state index is -1.26. The summed E-state index contributed by atoms with van der Waals surface area (Å²) in [4.78, 5) is 11.7. The standard InChI is InChI=1S/C14H15N3O4/c1-7-6-14(11(12(15)18)13(16)20-7)17-9-5-8(19-2)3-4-10(9)21-14/h3-6,17H,16H2,1-2H3,(H2,15,18). The van der Waals surface area contributed by atoms with Crippen molar-refractivity contribution in [1.29, 1.82) is 0 Å². The zero-order valence-electron chi connectivity index (χ0n) is 11.6. The Bertz CT molecular complexity index is 695. The van der Waals surface area contributed by atoms with Gasteiger partial charge in [0.1, 0.15) is 22.8 Å². The van der Waals surface area contributed by atoms with Gasteiger partial charge in [0.05, 0.1) is 12.8 Å². The zero-order valence-corrected chi connectivity index (χ0v) is 11.6. The average molecular weight is 289 g/mol. The molecule has 0 saturated heterocycles. The number of amides is 1. The van der Waals surface area contributed by atoms with Crippen molar-refractivity contribution in [3.8, 4) is 11.5 Å². The molecule has 0 radical (unpaired) electrons. The van der Waals surface area contributed by atoms with Gasteiger partial charge < -0.3 is 31.0 Å². The zero-order chi connectivity index (χ0) is 15.2. The molecule has 7 heteroatoms. The number of methoxy groups -OCH3 is 1. The molecule has 3 rings (SSSR count). The summed E-state index contributed by atoms with van der Waals surface area (Å²) in [5.41, 5.74) is 10.7. The second kappa shape index (κ2) is 4.34. The summed E-state index contributed by atoms with van der Waals surface area (Å²) in [7, 11) is 1.57. The van der Waals surface area contributed by atoms with Gasteiger partial charge in [0, 0.05) is 12.1 Å². The largest absolute Gasteiger partial charge is 0.497 e. The van der Waals surface area contributed by atoms with E-state index in [9.17, 15) is 4.79 Å². The first kappa shape index (κ1) is 13.2. The molecule has 0 aliphatic carbocycles. The van der Waals surface area contributed by atoms with Crippen molar-refractivity contribution in [3.63, 3.8) is 0 Å². The summed E-state index contributed by atoms with van der Waals surface area (Å²) in [6.07, 6.45) is 1.62. The number of benzene rings is 1. The molecular formula is C14H15N3O4. The van der Waals surface area contributed by atoms with Crippen molar-refractivity contribution in [1.82, 2.24) is 0 Å². The molecule has 0 aromatic heterocycles. The Kier molecular flexibility index (Phi) is 2.72. The van der Waals surface area contributed by atoms with Gasteiger partial charge in [-0.05, 0) is 19.1 Å². The van der Waals surface area contributed by atoms with Crippen LogP contribution in [-0.2, 0) is 9.53 Å². The molecule has 2 aliphatic rings.